The minimum Gasteiger partial charge on any atom is -0.496 e. The van der Waals surface area contributed by atoms with Gasteiger partial charge in [0, 0.05) is 18.7 Å². The maximum atomic E-state index is 5.94. The van der Waals surface area contributed by atoms with Gasteiger partial charge in [-0.15, -0.1) is 0 Å². The highest BCUT2D eigenvalue weighted by Crippen LogP contribution is 2.23. The highest BCUT2D eigenvalue weighted by Gasteiger charge is 2.07. The van der Waals surface area contributed by atoms with Crippen molar-refractivity contribution in [3.63, 3.8) is 0 Å². The normalized spacial score (nSPS) is 10.7. The van der Waals surface area contributed by atoms with Crippen molar-refractivity contribution in [1.82, 2.24) is 4.90 Å². The summed E-state index contributed by atoms with van der Waals surface area (Å²) < 4.78 is 10.6. The third-order valence-corrected chi connectivity index (χ3v) is 3.38. The van der Waals surface area contributed by atoms with E-state index in [1.165, 1.54) is 5.56 Å². The van der Waals surface area contributed by atoms with E-state index in [4.69, 9.17) is 15.2 Å². The summed E-state index contributed by atoms with van der Waals surface area (Å²) in [5, 5.41) is 0. The summed E-state index contributed by atoms with van der Waals surface area (Å²) in [4.78, 5) is 2.22. The molecular weight excluding hydrogens is 264 g/mol. The van der Waals surface area contributed by atoms with Gasteiger partial charge in [-0.2, -0.15) is 0 Å². The average molecular weight is 286 g/mol. The highest BCUT2D eigenvalue weighted by molar-refractivity contribution is 5.54. The fraction of sp³-hybridized carbons (Fsp3) is 0.294. The quantitative estimate of drug-likeness (QED) is 0.829. The Kier molecular flexibility index (Phi) is 5.06. The fourth-order valence-electron chi connectivity index (χ4n) is 2.37. The monoisotopic (exact) mass is 286 g/mol. The summed E-state index contributed by atoms with van der Waals surface area (Å²) >= 11 is 0. The van der Waals surface area contributed by atoms with Gasteiger partial charge in [-0.25, -0.2) is 0 Å². The SMILES string of the molecule is COc1ccc(CN(C)Cc2ccccc2OC)cc1N. The van der Waals surface area contributed by atoms with Gasteiger partial charge in [-0.1, -0.05) is 24.3 Å². The lowest BCUT2D eigenvalue weighted by Gasteiger charge is -2.19. The Morgan fingerprint density at radius 3 is 2.33 bits per heavy atom. The predicted molar refractivity (Wildman–Crippen MR) is 85.6 cm³/mol. The summed E-state index contributed by atoms with van der Waals surface area (Å²) in [7, 11) is 5.40. The maximum absolute atomic E-state index is 5.94. The Balaban J connectivity index is 2.04. The number of nitrogen functional groups attached to an aromatic ring is 1. The summed E-state index contributed by atoms with van der Waals surface area (Å²) in [6.07, 6.45) is 0. The molecule has 2 aromatic carbocycles. The van der Waals surface area contributed by atoms with Crippen molar-refractivity contribution < 1.29 is 9.47 Å². The zero-order valence-corrected chi connectivity index (χ0v) is 12.8. The first-order valence-corrected chi connectivity index (χ1v) is 6.87. The number of benzene rings is 2. The van der Waals surface area contributed by atoms with Crippen LogP contribution in [-0.4, -0.2) is 26.2 Å². The van der Waals surface area contributed by atoms with E-state index in [1.54, 1.807) is 14.2 Å². The first-order chi connectivity index (χ1) is 10.1. The molecule has 2 aromatic rings. The van der Waals surface area contributed by atoms with E-state index in [2.05, 4.69) is 18.0 Å². The van der Waals surface area contributed by atoms with E-state index < -0.39 is 0 Å². The van der Waals surface area contributed by atoms with E-state index >= 15 is 0 Å². The van der Waals surface area contributed by atoms with Gasteiger partial charge in [0.05, 0.1) is 19.9 Å². The van der Waals surface area contributed by atoms with Crippen LogP contribution in [0.3, 0.4) is 0 Å². The third-order valence-electron chi connectivity index (χ3n) is 3.38. The molecule has 0 aliphatic rings. The number of rotatable bonds is 6. The lowest BCUT2D eigenvalue weighted by molar-refractivity contribution is 0.310. The van der Waals surface area contributed by atoms with Crippen molar-refractivity contribution in [3.8, 4) is 11.5 Å². The summed E-state index contributed by atoms with van der Waals surface area (Å²) in [6.45, 7) is 1.63. The predicted octanol–water partition coefficient (Wildman–Crippen LogP) is 2.92. The van der Waals surface area contributed by atoms with Crippen molar-refractivity contribution in [2.45, 2.75) is 13.1 Å². The van der Waals surface area contributed by atoms with Gasteiger partial charge >= 0.3 is 0 Å². The molecule has 4 heteroatoms. The van der Waals surface area contributed by atoms with Gasteiger partial charge in [-0.05, 0) is 30.8 Å². The number of hydrogen-bond donors (Lipinski definition) is 1. The van der Waals surface area contributed by atoms with E-state index in [9.17, 15) is 0 Å². The van der Waals surface area contributed by atoms with Crippen LogP contribution in [0, 0.1) is 0 Å². The van der Waals surface area contributed by atoms with Gasteiger partial charge in [0.2, 0.25) is 0 Å². The molecule has 0 aromatic heterocycles. The Hall–Kier alpha value is -2.20. The largest absolute Gasteiger partial charge is 0.496 e. The van der Waals surface area contributed by atoms with Crippen LogP contribution in [-0.2, 0) is 13.1 Å². The number of nitrogens with two attached hydrogens (primary N) is 1. The van der Waals surface area contributed by atoms with Crippen LogP contribution in [0.2, 0.25) is 0 Å². The molecule has 0 radical (unpaired) electrons. The van der Waals surface area contributed by atoms with Gasteiger partial charge in [-0.3, -0.25) is 4.90 Å². The molecule has 0 fully saturated rings. The van der Waals surface area contributed by atoms with Crippen molar-refractivity contribution in [2.75, 3.05) is 27.0 Å². The number of nitrogens with zero attached hydrogens (tertiary/aromatic N) is 1. The summed E-state index contributed by atoms with van der Waals surface area (Å²) in [5.74, 6) is 1.63. The molecule has 21 heavy (non-hydrogen) atoms. The van der Waals surface area contributed by atoms with Crippen LogP contribution in [0.4, 0.5) is 5.69 Å². The standard InChI is InChI=1S/C17H22N2O2/c1-19(12-14-6-4-5-7-16(14)20-2)11-13-8-9-17(21-3)15(18)10-13/h4-10H,11-12,18H2,1-3H3. The number of para-hydroxylation sites is 1. The molecule has 0 heterocycles. The van der Waals surface area contributed by atoms with Crippen LogP contribution in [0.5, 0.6) is 11.5 Å². The molecule has 2 N–H and O–H groups in total. The van der Waals surface area contributed by atoms with Crippen molar-refractivity contribution in [1.29, 1.82) is 0 Å². The fourth-order valence-corrected chi connectivity index (χ4v) is 2.37. The van der Waals surface area contributed by atoms with Gasteiger partial charge in [0.25, 0.3) is 0 Å². The second-order valence-electron chi connectivity index (χ2n) is 5.06. The molecule has 4 nitrogen and oxygen atoms in total. The summed E-state index contributed by atoms with van der Waals surface area (Å²) in [6, 6.07) is 14.0. The smallest absolute Gasteiger partial charge is 0.141 e. The van der Waals surface area contributed by atoms with Crippen LogP contribution in [0.15, 0.2) is 42.5 Å². The molecule has 0 saturated carbocycles. The van der Waals surface area contributed by atoms with Gasteiger partial charge < -0.3 is 15.2 Å². The molecule has 0 saturated heterocycles. The number of ether oxygens (including phenoxy) is 2. The Morgan fingerprint density at radius 1 is 0.952 bits per heavy atom. The van der Waals surface area contributed by atoms with Crippen molar-refractivity contribution in [3.05, 3.63) is 53.6 Å². The minimum atomic E-state index is 0.667. The second-order valence-corrected chi connectivity index (χ2v) is 5.06. The van der Waals surface area contributed by atoms with Crippen LogP contribution >= 0.6 is 0 Å². The first-order valence-electron chi connectivity index (χ1n) is 6.87. The number of hydrogen-bond acceptors (Lipinski definition) is 4. The Morgan fingerprint density at radius 2 is 1.67 bits per heavy atom. The van der Waals surface area contributed by atoms with Crippen LogP contribution in [0.25, 0.3) is 0 Å². The molecule has 0 unspecified atom stereocenters. The summed E-state index contributed by atoms with van der Waals surface area (Å²) in [5.41, 5.74) is 8.94. The molecular formula is C17H22N2O2. The van der Waals surface area contributed by atoms with E-state index in [0.29, 0.717) is 11.4 Å². The molecule has 0 bridgehead atoms. The lowest BCUT2D eigenvalue weighted by Crippen LogP contribution is -2.17. The van der Waals surface area contributed by atoms with Crippen molar-refractivity contribution in [2.24, 2.45) is 0 Å². The Bertz CT molecular complexity index is 599. The molecule has 0 aliphatic carbocycles. The van der Waals surface area contributed by atoms with Crippen LogP contribution < -0.4 is 15.2 Å². The second kappa shape index (κ2) is 6.99. The number of methoxy groups -OCH3 is 2. The molecule has 0 spiro atoms. The zero-order chi connectivity index (χ0) is 15.2. The number of anilines is 1. The highest BCUT2D eigenvalue weighted by atomic mass is 16.5. The minimum absolute atomic E-state index is 0.667. The van der Waals surface area contributed by atoms with Gasteiger partial charge in [0.1, 0.15) is 11.5 Å². The zero-order valence-electron chi connectivity index (χ0n) is 12.8. The molecule has 0 amide bonds. The van der Waals surface area contributed by atoms with Crippen molar-refractivity contribution >= 4 is 5.69 Å². The molecule has 0 aliphatic heterocycles. The van der Waals surface area contributed by atoms with Crippen LogP contribution in [0.1, 0.15) is 11.1 Å². The van der Waals surface area contributed by atoms with E-state index in [-0.39, 0.29) is 0 Å². The third kappa shape index (κ3) is 3.89. The van der Waals surface area contributed by atoms with E-state index in [0.717, 1.165) is 24.4 Å². The lowest BCUT2D eigenvalue weighted by atomic mass is 10.1. The average Bonchev–Trinajstić information content (AvgIpc) is 2.48. The molecule has 0 atom stereocenters. The topological polar surface area (TPSA) is 47.7 Å². The van der Waals surface area contributed by atoms with Gasteiger partial charge in [0.15, 0.2) is 0 Å². The molecule has 2 rings (SSSR count). The molecule has 112 valence electrons. The first kappa shape index (κ1) is 15.2. The Labute approximate surface area is 126 Å². The maximum Gasteiger partial charge on any atom is 0.141 e. The van der Waals surface area contributed by atoms with E-state index in [1.807, 2.05) is 36.4 Å².